The molecule has 4 heteroatoms. The molecule has 1 unspecified atom stereocenters. The Bertz CT molecular complexity index is 274. The molecular weight excluding hydrogens is 230 g/mol. The first-order chi connectivity index (χ1) is 8.24. The van der Waals surface area contributed by atoms with E-state index in [0.29, 0.717) is 6.04 Å². The van der Waals surface area contributed by atoms with Crippen LogP contribution < -0.4 is 5.32 Å². The van der Waals surface area contributed by atoms with Crippen molar-refractivity contribution in [3.63, 3.8) is 0 Å². The molecule has 1 aromatic rings. The maximum absolute atomic E-state index is 4.32. The number of nitrogens with zero attached hydrogens (tertiary/aromatic N) is 2. The number of hydrogen-bond acceptors (Lipinski definition) is 4. The largest absolute Gasteiger partial charge is 0.315 e. The molecule has 0 aliphatic carbocycles. The highest BCUT2D eigenvalue weighted by Crippen LogP contribution is 2.06. The lowest BCUT2D eigenvalue weighted by Crippen LogP contribution is -2.37. The van der Waals surface area contributed by atoms with Gasteiger partial charge in [-0.25, -0.2) is 4.98 Å². The fourth-order valence-corrected chi connectivity index (χ4v) is 2.24. The first-order valence-corrected chi connectivity index (χ1v) is 7.46. The highest BCUT2D eigenvalue weighted by atomic mass is 32.1. The number of thiazole rings is 1. The molecule has 1 atom stereocenters. The fourth-order valence-electron chi connectivity index (χ4n) is 1.69. The zero-order valence-corrected chi connectivity index (χ0v) is 12.1. The molecule has 0 aliphatic heterocycles. The van der Waals surface area contributed by atoms with Crippen LogP contribution >= 0.6 is 11.3 Å². The third kappa shape index (κ3) is 6.15. The standard InChI is InChI=1S/C13H25N3S/c1-4-5-6-7-14-8-12(2)16(3)9-13-10-17-11-15-13/h10-12,14H,4-9H2,1-3H3. The van der Waals surface area contributed by atoms with Gasteiger partial charge in [0.25, 0.3) is 0 Å². The van der Waals surface area contributed by atoms with Crippen LogP contribution in [0.15, 0.2) is 10.9 Å². The highest BCUT2D eigenvalue weighted by Gasteiger charge is 2.09. The minimum Gasteiger partial charge on any atom is -0.315 e. The molecule has 3 nitrogen and oxygen atoms in total. The average molecular weight is 255 g/mol. The van der Waals surface area contributed by atoms with Gasteiger partial charge in [0.05, 0.1) is 11.2 Å². The predicted molar refractivity (Wildman–Crippen MR) is 75.4 cm³/mol. The number of nitrogens with one attached hydrogen (secondary N) is 1. The Labute approximate surface area is 109 Å². The van der Waals surface area contributed by atoms with E-state index in [4.69, 9.17) is 0 Å². The van der Waals surface area contributed by atoms with Gasteiger partial charge in [0.2, 0.25) is 0 Å². The second kappa shape index (κ2) is 8.61. The molecule has 1 aromatic heterocycles. The number of hydrogen-bond donors (Lipinski definition) is 1. The van der Waals surface area contributed by atoms with E-state index in [-0.39, 0.29) is 0 Å². The molecule has 0 fully saturated rings. The Morgan fingerprint density at radius 2 is 2.29 bits per heavy atom. The van der Waals surface area contributed by atoms with E-state index in [2.05, 4.69) is 41.5 Å². The van der Waals surface area contributed by atoms with Gasteiger partial charge in [-0.3, -0.25) is 4.90 Å². The summed E-state index contributed by atoms with van der Waals surface area (Å²) in [7, 11) is 2.16. The van der Waals surface area contributed by atoms with Crippen LogP contribution in [0.2, 0.25) is 0 Å². The Kier molecular flexibility index (Phi) is 7.40. The summed E-state index contributed by atoms with van der Waals surface area (Å²) in [6, 6.07) is 0.554. The van der Waals surface area contributed by atoms with Gasteiger partial charge in [-0.05, 0) is 26.9 Å². The lowest BCUT2D eigenvalue weighted by molar-refractivity contribution is 0.240. The van der Waals surface area contributed by atoms with E-state index in [1.54, 1.807) is 11.3 Å². The summed E-state index contributed by atoms with van der Waals surface area (Å²) >= 11 is 1.67. The van der Waals surface area contributed by atoms with Crippen molar-refractivity contribution >= 4 is 11.3 Å². The first-order valence-electron chi connectivity index (χ1n) is 6.52. The average Bonchev–Trinajstić information content (AvgIpc) is 2.81. The summed E-state index contributed by atoms with van der Waals surface area (Å²) < 4.78 is 0. The van der Waals surface area contributed by atoms with Crippen molar-refractivity contribution in [3.8, 4) is 0 Å². The van der Waals surface area contributed by atoms with E-state index in [1.165, 1.54) is 25.0 Å². The molecule has 0 aliphatic rings. The van der Waals surface area contributed by atoms with E-state index in [9.17, 15) is 0 Å². The van der Waals surface area contributed by atoms with Crippen molar-refractivity contribution in [2.45, 2.75) is 45.7 Å². The quantitative estimate of drug-likeness (QED) is 0.688. The van der Waals surface area contributed by atoms with Crippen molar-refractivity contribution in [2.24, 2.45) is 0 Å². The van der Waals surface area contributed by atoms with Crippen LogP contribution in [-0.2, 0) is 6.54 Å². The third-order valence-corrected chi connectivity index (χ3v) is 3.68. The summed E-state index contributed by atoms with van der Waals surface area (Å²) in [6.07, 6.45) is 3.91. The summed E-state index contributed by atoms with van der Waals surface area (Å²) in [5, 5.41) is 5.64. The molecule has 0 aromatic carbocycles. The smallest absolute Gasteiger partial charge is 0.0795 e. The molecule has 98 valence electrons. The van der Waals surface area contributed by atoms with E-state index in [1.807, 2.05) is 5.51 Å². The van der Waals surface area contributed by atoms with E-state index >= 15 is 0 Å². The summed E-state index contributed by atoms with van der Waals surface area (Å²) in [5.41, 5.74) is 3.08. The molecule has 0 spiro atoms. The topological polar surface area (TPSA) is 28.2 Å². The van der Waals surface area contributed by atoms with Gasteiger partial charge in [0, 0.05) is 24.5 Å². The van der Waals surface area contributed by atoms with Gasteiger partial charge in [-0.15, -0.1) is 11.3 Å². The minimum absolute atomic E-state index is 0.554. The molecule has 0 radical (unpaired) electrons. The highest BCUT2D eigenvalue weighted by molar-refractivity contribution is 7.07. The van der Waals surface area contributed by atoms with E-state index < -0.39 is 0 Å². The number of unbranched alkanes of at least 4 members (excludes halogenated alkanes) is 2. The summed E-state index contributed by atoms with van der Waals surface area (Å²) in [5.74, 6) is 0. The predicted octanol–water partition coefficient (Wildman–Crippen LogP) is 2.74. The van der Waals surface area contributed by atoms with E-state index in [0.717, 1.165) is 19.6 Å². The van der Waals surface area contributed by atoms with Gasteiger partial charge < -0.3 is 5.32 Å². The second-order valence-corrected chi connectivity index (χ2v) is 5.37. The van der Waals surface area contributed by atoms with Gasteiger partial charge in [0.15, 0.2) is 0 Å². The van der Waals surface area contributed by atoms with Crippen LogP contribution in [0, 0.1) is 0 Å². The SMILES string of the molecule is CCCCCNCC(C)N(C)Cc1cscn1. The molecule has 0 saturated carbocycles. The van der Waals surface area contributed by atoms with Crippen LogP contribution in [0.25, 0.3) is 0 Å². The fraction of sp³-hybridized carbons (Fsp3) is 0.769. The van der Waals surface area contributed by atoms with Crippen molar-refractivity contribution < 1.29 is 0 Å². The molecule has 17 heavy (non-hydrogen) atoms. The zero-order valence-electron chi connectivity index (χ0n) is 11.3. The van der Waals surface area contributed by atoms with Gasteiger partial charge in [-0.2, -0.15) is 0 Å². The lowest BCUT2D eigenvalue weighted by atomic mass is 10.2. The maximum atomic E-state index is 4.32. The molecule has 0 bridgehead atoms. The molecular formula is C13H25N3S. The Balaban J connectivity index is 2.11. The van der Waals surface area contributed by atoms with Crippen molar-refractivity contribution in [1.29, 1.82) is 0 Å². The zero-order chi connectivity index (χ0) is 12.5. The molecule has 1 N–H and O–H groups in total. The first kappa shape index (κ1) is 14.6. The molecule has 0 saturated heterocycles. The summed E-state index contributed by atoms with van der Waals surface area (Å²) in [6.45, 7) is 7.65. The monoisotopic (exact) mass is 255 g/mol. The van der Waals surface area contributed by atoms with Crippen molar-refractivity contribution in [3.05, 3.63) is 16.6 Å². The third-order valence-electron chi connectivity index (χ3n) is 3.04. The lowest BCUT2D eigenvalue weighted by Gasteiger charge is -2.24. The normalized spacial score (nSPS) is 13.2. The maximum Gasteiger partial charge on any atom is 0.0795 e. The molecule has 1 heterocycles. The Morgan fingerprint density at radius 1 is 1.47 bits per heavy atom. The number of aromatic nitrogens is 1. The van der Waals surface area contributed by atoms with Gasteiger partial charge >= 0.3 is 0 Å². The minimum atomic E-state index is 0.554. The second-order valence-electron chi connectivity index (χ2n) is 4.66. The molecule has 0 amide bonds. The summed E-state index contributed by atoms with van der Waals surface area (Å²) in [4.78, 5) is 6.66. The molecule has 1 rings (SSSR count). The van der Waals surface area contributed by atoms with Crippen LogP contribution in [0.4, 0.5) is 0 Å². The van der Waals surface area contributed by atoms with Crippen molar-refractivity contribution in [1.82, 2.24) is 15.2 Å². The van der Waals surface area contributed by atoms with Crippen molar-refractivity contribution in [2.75, 3.05) is 20.1 Å². The van der Waals surface area contributed by atoms with Crippen LogP contribution in [0.5, 0.6) is 0 Å². The van der Waals surface area contributed by atoms with Gasteiger partial charge in [0.1, 0.15) is 0 Å². The van der Waals surface area contributed by atoms with Gasteiger partial charge in [-0.1, -0.05) is 19.8 Å². The number of rotatable bonds is 9. The van der Waals surface area contributed by atoms with Crippen LogP contribution in [-0.4, -0.2) is 36.1 Å². The van der Waals surface area contributed by atoms with Crippen LogP contribution in [0.3, 0.4) is 0 Å². The van der Waals surface area contributed by atoms with Crippen LogP contribution in [0.1, 0.15) is 38.8 Å². The Hall–Kier alpha value is -0.450. The number of likely N-dealkylation sites (N-methyl/N-ethyl adjacent to an activating group) is 1. The Morgan fingerprint density at radius 3 is 2.94 bits per heavy atom.